The zero-order valence-electron chi connectivity index (χ0n) is 18.5. The van der Waals surface area contributed by atoms with E-state index in [4.69, 9.17) is 9.47 Å². The number of methoxy groups -OCH3 is 2. The first-order valence-corrected chi connectivity index (χ1v) is 11.8. The van der Waals surface area contributed by atoms with Gasteiger partial charge in [0.15, 0.2) is 11.5 Å². The minimum Gasteiger partial charge on any atom is -0.493 e. The lowest BCUT2D eigenvalue weighted by Crippen LogP contribution is -2.43. The number of nitrogens with zero attached hydrogens (tertiary/aromatic N) is 1. The largest absolute Gasteiger partial charge is 0.493 e. The topological polar surface area (TPSA) is 84.9 Å². The number of sulfonamides is 1. The fourth-order valence-electron chi connectivity index (χ4n) is 3.99. The first-order valence-electron chi connectivity index (χ1n) is 10.4. The van der Waals surface area contributed by atoms with Gasteiger partial charge < -0.3 is 14.8 Å². The number of aryl methyl sites for hydroxylation is 2. The molecular formula is C23H30N2O5S. The molecule has 31 heavy (non-hydrogen) atoms. The number of ether oxygens (including phenoxy) is 2. The van der Waals surface area contributed by atoms with Crippen molar-refractivity contribution >= 4 is 21.6 Å². The Labute approximate surface area is 184 Å². The molecule has 1 N–H and O–H groups in total. The molecule has 0 heterocycles. The summed E-state index contributed by atoms with van der Waals surface area (Å²) >= 11 is 0. The summed E-state index contributed by atoms with van der Waals surface area (Å²) in [5.74, 6) is 0.424. The van der Waals surface area contributed by atoms with Crippen LogP contribution in [0.3, 0.4) is 0 Å². The highest BCUT2D eigenvalue weighted by molar-refractivity contribution is 7.92. The van der Waals surface area contributed by atoms with Crippen molar-refractivity contribution in [2.45, 2.75) is 50.5 Å². The molecule has 1 aliphatic rings. The second-order valence-corrected chi connectivity index (χ2v) is 9.79. The Morgan fingerprint density at radius 3 is 2.19 bits per heavy atom. The van der Waals surface area contributed by atoms with Crippen LogP contribution in [-0.4, -0.2) is 41.1 Å². The molecule has 0 saturated heterocycles. The van der Waals surface area contributed by atoms with Crippen molar-refractivity contribution in [3.8, 4) is 11.5 Å². The predicted octanol–water partition coefficient (Wildman–Crippen LogP) is 3.57. The lowest BCUT2D eigenvalue weighted by atomic mass is 10.1. The van der Waals surface area contributed by atoms with Crippen LogP contribution >= 0.6 is 0 Å². The Hall–Kier alpha value is -2.74. The van der Waals surface area contributed by atoms with Crippen LogP contribution in [0.1, 0.15) is 36.8 Å². The molecule has 2 aromatic rings. The van der Waals surface area contributed by atoms with Crippen LogP contribution in [0.2, 0.25) is 0 Å². The Morgan fingerprint density at radius 2 is 1.61 bits per heavy atom. The molecule has 0 aliphatic heterocycles. The number of benzene rings is 2. The molecule has 0 spiro atoms. The molecule has 2 aromatic carbocycles. The maximum atomic E-state index is 13.6. The van der Waals surface area contributed by atoms with Gasteiger partial charge in [0, 0.05) is 12.1 Å². The fraction of sp³-hybridized carbons (Fsp3) is 0.435. The van der Waals surface area contributed by atoms with E-state index in [0.29, 0.717) is 17.2 Å². The lowest BCUT2D eigenvalue weighted by molar-refractivity contribution is -0.120. The molecule has 0 radical (unpaired) electrons. The number of carbonyl (C=O) groups is 1. The number of hydrogen-bond acceptors (Lipinski definition) is 5. The van der Waals surface area contributed by atoms with Crippen LogP contribution in [0.25, 0.3) is 0 Å². The third kappa shape index (κ3) is 5.31. The van der Waals surface area contributed by atoms with E-state index in [-0.39, 0.29) is 23.4 Å². The number of carbonyl (C=O) groups excluding carboxylic acids is 1. The van der Waals surface area contributed by atoms with Gasteiger partial charge in [0.25, 0.3) is 10.0 Å². The summed E-state index contributed by atoms with van der Waals surface area (Å²) in [4.78, 5) is 12.8. The average molecular weight is 447 g/mol. The third-order valence-corrected chi connectivity index (χ3v) is 7.21. The quantitative estimate of drug-likeness (QED) is 0.670. The first-order chi connectivity index (χ1) is 14.7. The zero-order valence-corrected chi connectivity index (χ0v) is 19.3. The molecule has 3 rings (SSSR count). The summed E-state index contributed by atoms with van der Waals surface area (Å²) < 4.78 is 39.0. The van der Waals surface area contributed by atoms with Crippen LogP contribution in [0.5, 0.6) is 11.5 Å². The summed E-state index contributed by atoms with van der Waals surface area (Å²) in [6.07, 6.45) is 4.01. The number of nitrogens with one attached hydrogen (secondary N) is 1. The van der Waals surface area contributed by atoms with Gasteiger partial charge in [-0.15, -0.1) is 0 Å². The minimum absolute atomic E-state index is 0.0259. The normalized spacial score (nSPS) is 14.3. The van der Waals surface area contributed by atoms with Gasteiger partial charge in [-0.05, 0) is 62.1 Å². The van der Waals surface area contributed by atoms with Crippen LogP contribution in [-0.2, 0) is 14.8 Å². The highest BCUT2D eigenvalue weighted by Crippen LogP contribution is 2.32. The van der Waals surface area contributed by atoms with Gasteiger partial charge in [-0.2, -0.15) is 0 Å². The number of hydrogen-bond donors (Lipinski definition) is 1. The van der Waals surface area contributed by atoms with Gasteiger partial charge in [0.05, 0.1) is 24.8 Å². The predicted molar refractivity (Wildman–Crippen MR) is 120 cm³/mol. The van der Waals surface area contributed by atoms with Crippen molar-refractivity contribution < 1.29 is 22.7 Å². The summed E-state index contributed by atoms with van der Waals surface area (Å²) in [6.45, 7) is 3.50. The number of anilines is 1. The second kappa shape index (κ2) is 9.60. The Balaban J connectivity index is 2.00. The van der Waals surface area contributed by atoms with E-state index >= 15 is 0 Å². The van der Waals surface area contributed by atoms with E-state index in [1.54, 1.807) is 18.2 Å². The van der Waals surface area contributed by atoms with Crippen molar-refractivity contribution in [2.24, 2.45) is 0 Å². The van der Waals surface area contributed by atoms with Crippen molar-refractivity contribution in [3.63, 3.8) is 0 Å². The van der Waals surface area contributed by atoms with Gasteiger partial charge in [0.2, 0.25) is 5.91 Å². The van der Waals surface area contributed by atoms with Crippen molar-refractivity contribution in [1.29, 1.82) is 0 Å². The lowest BCUT2D eigenvalue weighted by Gasteiger charge is -2.26. The summed E-state index contributed by atoms with van der Waals surface area (Å²) in [7, 11) is -1.10. The number of rotatable bonds is 8. The number of amides is 1. The zero-order chi connectivity index (χ0) is 22.6. The SMILES string of the molecule is COc1ccc(S(=O)(=O)N(CC(=O)NC2CCCC2)c2cc(C)cc(C)c2)cc1OC. The maximum absolute atomic E-state index is 13.6. The molecule has 0 aromatic heterocycles. The standard InChI is InChI=1S/C23H30N2O5S/c1-16-11-17(2)13-19(12-16)25(15-23(26)24-18-7-5-6-8-18)31(27,28)20-9-10-21(29-3)22(14-20)30-4/h9-14,18H,5-8,15H2,1-4H3,(H,24,26). The van der Waals surface area contributed by atoms with Crippen LogP contribution in [0.15, 0.2) is 41.3 Å². The van der Waals surface area contributed by atoms with E-state index in [1.165, 1.54) is 30.7 Å². The second-order valence-electron chi connectivity index (χ2n) is 7.92. The fourth-order valence-corrected chi connectivity index (χ4v) is 5.41. The molecule has 8 heteroatoms. The molecule has 1 fully saturated rings. The summed E-state index contributed by atoms with van der Waals surface area (Å²) in [6, 6.07) is 10.0. The summed E-state index contributed by atoms with van der Waals surface area (Å²) in [5, 5.41) is 2.98. The summed E-state index contributed by atoms with van der Waals surface area (Å²) in [5.41, 5.74) is 2.28. The van der Waals surface area contributed by atoms with Crippen LogP contribution in [0, 0.1) is 13.8 Å². The van der Waals surface area contributed by atoms with E-state index in [1.807, 2.05) is 19.9 Å². The van der Waals surface area contributed by atoms with E-state index in [2.05, 4.69) is 5.32 Å². The maximum Gasteiger partial charge on any atom is 0.264 e. The van der Waals surface area contributed by atoms with Gasteiger partial charge in [-0.25, -0.2) is 8.42 Å². The Morgan fingerprint density at radius 1 is 1.00 bits per heavy atom. The van der Waals surface area contributed by atoms with Gasteiger partial charge in [0.1, 0.15) is 6.54 Å². The van der Waals surface area contributed by atoms with Crippen molar-refractivity contribution in [1.82, 2.24) is 5.32 Å². The Bertz CT molecular complexity index is 1030. The first kappa shape index (κ1) is 22.9. The van der Waals surface area contributed by atoms with E-state index in [0.717, 1.165) is 36.8 Å². The molecule has 1 saturated carbocycles. The van der Waals surface area contributed by atoms with Crippen molar-refractivity contribution in [3.05, 3.63) is 47.5 Å². The van der Waals surface area contributed by atoms with Crippen molar-refractivity contribution in [2.75, 3.05) is 25.1 Å². The monoisotopic (exact) mass is 446 g/mol. The highest BCUT2D eigenvalue weighted by Gasteiger charge is 2.29. The molecule has 0 unspecified atom stereocenters. The minimum atomic E-state index is -4.04. The highest BCUT2D eigenvalue weighted by atomic mass is 32.2. The van der Waals surface area contributed by atoms with Gasteiger partial charge in [-0.1, -0.05) is 18.9 Å². The molecule has 1 amide bonds. The average Bonchev–Trinajstić information content (AvgIpc) is 3.23. The molecule has 7 nitrogen and oxygen atoms in total. The third-order valence-electron chi connectivity index (χ3n) is 5.44. The molecule has 0 atom stereocenters. The molecule has 168 valence electrons. The Kier molecular flexibility index (Phi) is 7.10. The van der Waals surface area contributed by atoms with E-state index in [9.17, 15) is 13.2 Å². The smallest absolute Gasteiger partial charge is 0.264 e. The van der Waals surface area contributed by atoms with Gasteiger partial charge >= 0.3 is 0 Å². The molecule has 0 bridgehead atoms. The van der Waals surface area contributed by atoms with Crippen LogP contribution < -0.4 is 19.1 Å². The molecule has 1 aliphatic carbocycles. The van der Waals surface area contributed by atoms with Crippen LogP contribution in [0.4, 0.5) is 5.69 Å². The molecular weight excluding hydrogens is 416 g/mol. The van der Waals surface area contributed by atoms with E-state index < -0.39 is 10.0 Å². The van der Waals surface area contributed by atoms with Gasteiger partial charge in [-0.3, -0.25) is 9.10 Å².